The number of guanidine groups is 1. The highest BCUT2D eigenvalue weighted by molar-refractivity contribution is 5.77. The van der Waals surface area contributed by atoms with E-state index in [0.29, 0.717) is 19.0 Å². The van der Waals surface area contributed by atoms with Crippen LogP contribution in [0.2, 0.25) is 0 Å². The van der Waals surface area contributed by atoms with Gasteiger partial charge in [-0.25, -0.2) is 4.99 Å². The van der Waals surface area contributed by atoms with Crippen LogP contribution in [-0.2, 0) is 19.5 Å². The lowest BCUT2D eigenvalue weighted by Gasteiger charge is -2.34. The smallest absolute Gasteiger partial charge is 0.188 e. The Labute approximate surface area is 192 Å². The quantitative estimate of drug-likeness (QED) is 0.438. The van der Waals surface area contributed by atoms with Gasteiger partial charge in [0.1, 0.15) is 0 Å². The van der Waals surface area contributed by atoms with Crippen molar-refractivity contribution in [1.82, 2.24) is 15.1 Å². The minimum Gasteiger partial charge on any atom is -0.493 e. The molecular weight excluding hydrogens is 402 g/mol. The van der Waals surface area contributed by atoms with Crippen LogP contribution in [0, 0.1) is 0 Å². The first-order chi connectivity index (χ1) is 15.6. The first-order valence-electron chi connectivity index (χ1n) is 11.4. The van der Waals surface area contributed by atoms with Crippen LogP contribution in [0.1, 0.15) is 23.6 Å². The van der Waals surface area contributed by atoms with Crippen LogP contribution in [-0.4, -0.2) is 69.2 Å². The zero-order chi connectivity index (χ0) is 22.8. The van der Waals surface area contributed by atoms with Gasteiger partial charge in [0.2, 0.25) is 0 Å². The third-order valence-corrected chi connectivity index (χ3v) is 5.94. The molecule has 3 N–H and O–H groups in total. The Hall–Kier alpha value is -2.77. The third kappa shape index (κ3) is 7.14. The van der Waals surface area contributed by atoms with Gasteiger partial charge in [0.05, 0.1) is 20.8 Å². The molecule has 1 heterocycles. The maximum Gasteiger partial charge on any atom is 0.188 e. The van der Waals surface area contributed by atoms with Crippen LogP contribution in [0.5, 0.6) is 11.5 Å². The summed E-state index contributed by atoms with van der Waals surface area (Å²) >= 11 is 0. The van der Waals surface area contributed by atoms with Crippen molar-refractivity contribution in [3.8, 4) is 11.5 Å². The van der Waals surface area contributed by atoms with E-state index in [1.165, 1.54) is 18.7 Å². The molecule has 1 aliphatic heterocycles. The number of aliphatic imine (C=N–C) groups is 1. The van der Waals surface area contributed by atoms with Gasteiger partial charge in [0.15, 0.2) is 17.5 Å². The topological polar surface area (TPSA) is 75.4 Å². The predicted octanol–water partition coefficient (Wildman–Crippen LogP) is 2.49. The highest BCUT2D eigenvalue weighted by Crippen LogP contribution is 2.27. The van der Waals surface area contributed by atoms with Gasteiger partial charge in [-0.05, 0) is 41.8 Å². The SMILES string of the molecule is CCN1CCN(Cc2ccc(CN=C(N)NCCc3ccc(OC)c(OC)c3)cc2)CC1. The second kappa shape index (κ2) is 12.3. The summed E-state index contributed by atoms with van der Waals surface area (Å²) in [4.78, 5) is 9.50. The Kier molecular flexibility index (Phi) is 9.19. The minimum absolute atomic E-state index is 0.461. The van der Waals surface area contributed by atoms with E-state index in [0.717, 1.165) is 55.2 Å². The largest absolute Gasteiger partial charge is 0.493 e. The highest BCUT2D eigenvalue weighted by Gasteiger charge is 2.15. The molecule has 1 aliphatic rings. The van der Waals surface area contributed by atoms with Crippen LogP contribution in [0.3, 0.4) is 0 Å². The molecular formula is C25H37N5O2. The summed E-state index contributed by atoms with van der Waals surface area (Å²) in [6.45, 7) is 10.3. The van der Waals surface area contributed by atoms with Crippen molar-refractivity contribution >= 4 is 5.96 Å². The van der Waals surface area contributed by atoms with Gasteiger partial charge < -0.3 is 25.4 Å². The lowest BCUT2D eigenvalue weighted by atomic mass is 10.1. The molecule has 0 aliphatic carbocycles. The molecule has 0 amide bonds. The van der Waals surface area contributed by atoms with Crippen molar-refractivity contribution in [3.05, 3.63) is 59.2 Å². The first-order valence-corrected chi connectivity index (χ1v) is 11.4. The maximum atomic E-state index is 6.05. The summed E-state index contributed by atoms with van der Waals surface area (Å²) in [5, 5.41) is 3.19. The molecule has 0 aromatic heterocycles. The van der Waals surface area contributed by atoms with Crippen molar-refractivity contribution in [2.75, 3.05) is 53.5 Å². The molecule has 0 spiro atoms. The van der Waals surface area contributed by atoms with Crippen LogP contribution < -0.4 is 20.5 Å². The molecule has 0 bridgehead atoms. The molecule has 2 aromatic carbocycles. The molecule has 7 nitrogen and oxygen atoms in total. The fourth-order valence-corrected chi connectivity index (χ4v) is 3.88. The zero-order valence-electron chi connectivity index (χ0n) is 19.6. The fraction of sp³-hybridized carbons (Fsp3) is 0.480. The average molecular weight is 440 g/mol. The van der Waals surface area contributed by atoms with Crippen LogP contribution in [0.25, 0.3) is 0 Å². The summed E-state index contributed by atoms with van der Waals surface area (Å²) in [6, 6.07) is 14.6. The van der Waals surface area contributed by atoms with Gasteiger partial charge >= 0.3 is 0 Å². The molecule has 32 heavy (non-hydrogen) atoms. The molecule has 174 valence electrons. The van der Waals surface area contributed by atoms with E-state index in [2.05, 4.69) is 51.3 Å². The molecule has 7 heteroatoms. The Bertz CT molecular complexity index is 861. The number of methoxy groups -OCH3 is 2. The second-order valence-corrected chi connectivity index (χ2v) is 8.09. The fourth-order valence-electron chi connectivity index (χ4n) is 3.88. The second-order valence-electron chi connectivity index (χ2n) is 8.09. The molecule has 0 atom stereocenters. The van der Waals surface area contributed by atoms with Gasteiger partial charge in [-0.1, -0.05) is 37.3 Å². The summed E-state index contributed by atoms with van der Waals surface area (Å²) in [6.07, 6.45) is 0.817. The Morgan fingerprint density at radius 1 is 0.906 bits per heavy atom. The number of benzene rings is 2. The first kappa shape index (κ1) is 23.9. The predicted molar refractivity (Wildman–Crippen MR) is 130 cm³/mol. The number of likely N-dealkylation sites (N-methyl/N-ethyl adjacent to an activating group) is 1. The molecule has 3 rings (SSSR count). The number of nitrogens with zero attached hydrogens (tertiary/aromatic N) is 3. The third-order valence-electron chi connectivity index (χ3n) is 5.94. The van der Waals surface area contributed by atoms with Crippen molar-refractivity contribution in [3.63, 3.8) is 0 Å². The summed E-state index contributed by atoms with van der Waals surface area (Å²) in [5.74, 6) is 1.93. The number of nitrogens with one attached hydrogen (secondary N) is 1. The van der Waals surface area contributed by atoms with Crippen LogP contribution in [0.15, 0.2) is 47.5 Å². The van der Waals surface area contributed by atoms with E-state index < -0.39 is 0 Å². The van der Waals surface area contributed by atoms with E-state index in [9.17, 15) is 0 Å². The Balaban J connectivity index is 1.41. The monoisotopic (exact) mass is 439 g/mol. The lowest BCUT2D eigenvalue weighted by Crippen LogP contribution is -2.45. The maximum absolute atomic E-state index is 6.05. The Morgan fingerprint density at radius 3 is 2.19 bits per heavy atom. The molecule has 2 aromatic rings. The Morgan fingerprint density at radius 2 is 1.53 bits per heavy atom. The molecule has 1 fully saturated rings. The standard InChI is InChI=1S/C25H37N5O2/c1-4-29-13-15-30(16-14-29)19-22-7-5-21(6-8-22)18-28-25(26)27-12-11-20-9-10-23(31-2)24(17-20)32-3/h5-10,17H,4,11-16,18-19H2,1-3H3,(H3,26,27,28). The van der Waals surface area contributed by atoms with E-state index in [4.69, 9.17) is 15.2 Å². The van der Waals surface area contributed by atoms with Crippen molar-refractivity contribution in [2.45, 2.75) is 26.4 Å². The van der Waals surface area contributed by atoms with Crippen LogP contribution >= 0.6 is 0 Å². The van der Waals surface area contributed by atoms with E-state index in [1.807, 2.05) is 18.2 Å². The van der Waals surface area contributed by atoms with E-state index >= 15 is 0 Å². The number of hydrogen-bond donors (Lipinski definition) is 2. The van der Waals surface area contributed by atoms with Crippen molar-refractivity contribution in [1.29, 1.82) is 0 Å². The average Bonchev–Trinajstić information content (AvgIpc) is 2.84. The molecule has 1 saturated heterocycles. The summed E-state index contributed by atoms with van der Waals surface area (Å²) < 4.78 is 10.6. The minimum atomic E-state index is 0.461. The van der Waals surface area contributed by atoms with Gasteiger partial charge in [-0.3, -0.25) is 4.90 Å². The number of rotatable bonds is 10. The van der Waals surface area contributed by atoms with Gasteiger partial charge in [-0.2, -0.15) is 0 Å². The van der Waals surface area contributed by atoms with Gasteiger partial charge in [0.25, 0.3) is 0 Å². The normalized spacial score (nSPS) is 15.5. The van der Waals surface area contributed by atoms with Crippen LogP contribution in [0.4, 0.5) is 0 Å². The van der Waals surface area contributed by atoms with Crippen molar-refractivity contribution in [2.24, 2.45) is 10.7 Å². The number of piperazine rings is 1. The van der Waals surface area contributed by atoms with Crippen molar-refractivity contribution < 1.29 is 9.47 Å². The summed E-state index contributed by atoms with van der Waals surface area (Å²) in [7, 11) is 3.28. The molecule has 0 saturated carbocycles. The number of nitrogens with two attached hydrogens (primary N) is 1. The van der Waals surface area contributed by atoms with Gasteiger partial charge in [0, 0.05) is 39.3 Å². The molecule has 0 unspecified atom stereocenters. The molecule has 0 radical (unpaired) electrons. The number of ether oxygens (including phenoxy) is 2. The lowest BCUT2D eigenvalue weighted by molar-refractivity contribution is 0.132. The number of hydrogen-bond acceptors (Lipinski definition) is 5. The highest BCUT2D eigenvalue weighted by atomic mass is 16.5. The van der Waals surface area contributed by atoms with Gasteiger partial charge in [-0.15, -0.1) is 0 Å². The zero-order valence-corrected chi connectivity index (χ0v) is 19.6. The summed E-state index contributed by atoms with van der Waals surface area (Å²) in [5.41, 5.74) is 9.71. The van der Waals surface area contributed by atoms with E-state index in [-0.39, 0.29) is 0 Å². The van der Waals surface area contributed by atoms with E-state index in [1.54, 1.807) is 14.2 Å².